The predicted octanol–water partition coefficient (Wildman–Crippen LogP) is 3.19. The molecule has 1 aliphatic heterocycles. The summed E-state index contributed by atoms with van der Waals surface area (Å²) >= 11 is 0. The monoisotopic (exact) mass is 297 g/mol. The molecule has 1 saturated carbocycles. The van der Waals surface area contributed by atoms with Gasteiger partial charge >= 0.3 is 5.97 Å². The van der Waals surface area contributed by atoms with Crippen LogP contribution in [0.25, 0.3) is 0 Å². The van der Waals surface area contributed by atoms with Gasteiger partial charge in [0.1, 0.15) is 5.54 Å². The molecule has 2 atom stereocenters. The summed E-state index contributed by atoms with van der Waals surface area (Å²) in [5.41, 5.74) is -0.553. The van der Waals surface area contributed by atoms with E-state index in [1.807, 2.05) is 6.92 Å². The molecule has 1 saturated heterocycles. The van der Waals surface area contributed by atoms with E-state index in [-0.39, 0.29) is 18.2 Å². The summed E-state index contributed by atoms with van der Waals surface area (Å²) < 4.78 is 11.2. The first-order valence-electron chi connectivity index (χ1n) is 8.66. The summed E-state index contributed by atoms with van der Waals surface area (Å²) in [4.78, 5) is 12.6. The summed E-state index contributed by atoms with van der Waals surface area (Å²) in [6, 6.07) is 0.439. The molecular weight excluding hydrogens is 266 g/mol. The predicted molar refractivity (Wildman–Crippen MR) is 83.2 cm³/mol. The molecule has 1 heterocycles. The normalized spacial score (nSPS) is 35.2. The zero-order valence-electron chi connectivity index (χ0n) is 13.8. The van der Waals surface area contributed by atoms with Gasteiger partial charge in [0.25, 0.3) is 0 Å². The molecule has 4 heteroatoms. The highest BCUT2D eigenvalue weighted by Gasteiger charge is 2.47. The highest BCUT2D eigenvalue weighted by atomic mass is 16.5. The van der Waals surface area contributed by atoms with Crippen molar-refractivity contribution < 1.29 is 14.3 Å². The Bertz CT molecular complexity index is 327. The Morgan fingerprint density at radius 3 is 2.24 bits per heavy atom. The van der Waals surface area contributed by atoms with Crippen molar-refractivity contribution in [2.45, 2.75) is 95.9 Å². The van der Waals surface area contributed by atoms with Crippen molar-refractivity contribution in [1.82, 2.24) is 5.32 Å². The zero-order valence-corrected chi connectivity index (χ0v) is 13.8. The summed E-state index contributed by atoms with van der Waals surface area (Å²) in [6.07, 6.45) is 9.12. The fraction of sp³-hybridized carbons (Fsp3) is 0.941. The van der Waals surface area contributed by atoms with Crippen LogP contribution in [-0.2, 0) is 14.3 Å². The lowest BCUT2D eigenvalue weighted by Gasteiger charge is -2.43. The van der Waals surface area contributed by atoms with E-state index < -0.39 is 5.54 Å². The number of carbonyl (C=O) groups excluding carboxylic acids is 1. The molecular formula is C17H31NO3. The minimum Gasteiger partial charge on any atom is -0.465 e. The highest BCUT2D eigenvalue weighted by Crippen LogP contribution is 2.32. The van der Waals surface area contributed by atoms with Crippen molar-refractivity contribution in [3.05, 3.63) is 0 Å². The number of hydrogen-bond acceptors (Lipinski definition) is 4. The third-order valence-corrected chi connectivity index (χ3v) is 4.74. The largest absolute Gasteiger partial charge is 0.465 e. The molecule has 2 fully saturated rings. The van der Waals surface area contributed by atoms with E-state index in [1.165, 1.54) is 38.5 Å². The Kier molecular flexibility index (Phi) is 6.06. The van der Waals surface area contributed by atoms with Crippen LogP contribution < -0.4 is 5.32 Å². The van der Waals surface area contributed by atoms with Crippen molar-refractivity contribution in [2.24, 2.45) is 0 Å². The standard InChI is InChI=1S/C17H31NO3/c1-4-20-16(19)17(11-13(2)21-14(3)12-17)18-15-9-7-5-6-8-10-15/h13-15,18H,4-12H2,1-3H3. The van der Waals surface area contributed by atoms with E-state index in [0.29, 0.717) is 25.5 Å². The molecule has 122 valence electrons. The van der Waals surface area contributed by atoms with Crippen LogP contribution in [-0.4, -0.2) is 36.4 Å². The molecule has 2 unspecified atom stereocenters. The minimum atomic E-state index is -0.553. The third-order valence-electron chi connectivity index (χ3n) is 4.74. The van der Waals surface area contributed by atoms with E-state index in [9.17, 15) is 4.79 Å². The summed E-state index contributed by atoms with van der Waals surface area (Å²) in [5.74, 6) is -0.0868. The van der Waals surface area contributed by atoms with Gasteiger partial charge in [0.2, 0.25) is 0 Å². The molecule has 1 aliphatic carbocycles. The molecule has 2 aliphatic rings. The van der Waals surface area contributed by atoms with E-state index >= 15 is 0 Å². The van der Waals surface area contributed by atoms with Gasteiger partial charge in [0.05, 0.1) is 18.8 Å². The second-order valence-corrected chi connectivity index (χ2v) is 6.80. The molecule has 0 aromatic rings. The molecule has 4 nitrogen and oxygen atoms in total. The van der Waals surface area contributed by atoms with Gasteiger partial charge in [-0.25, -0.2) is 0 Å². The topological polar surface area (TPSA) is 47.6 Å². The van der Waals surface area contributed by atoms with Crippen molar-refractivity contribution >= 4 is 5.97 Å². The fourth-order valence-corrected chi connectivity index (χ4v) is 3.98. The fourth-order valence-electron chi connectivity index (χ4n) is 3.98. The molecule has 0 aromatic carbocycles. The average Bonchev–Trinajstić information content (AvgIpc) is 2.66. The zero-order chi connectivity index (χ0) is 15.3. The maximum atomic E-state index is 12.6. The lowest BCUT2D eigenvalue weighted by Crippen LogP contribution is -2.61. The molecule has 21 heavy (non-hydrogen) atoms. The van der Waals surface area contributed by atoms with Crippen LogP contribution in [0.5, 0.6) is 0 Å². The second-order valence-electron chi connectivity index (χ2n) is 6.80. The first-order valence-corrected chi connectivity index (χ1v) is 8.66. The molecule has 1 N–H and O–H groups in total. The van der Waals surface area contributed by atoms with Crippen LogP contribution in [0.3, 0.4) is 0 Å². The second kappa shape index (κ2) is 7.59. The molecule has 2 rings (SSSR count). The minimum absolute atomic E-state index is 0.0868. The molecule has 0 spiro atoms. The van der Waals surface area contributed by atoms with E-state index in [0.717, 1.165) is 0 Å². The van der Waals surface area contributed by atoms with Gasteiger partial charge in [0.15, 0.2) is 0 Å². The van der Waals surface area contributed by atoms with Crippen molar-refractivity contribution in [3.63, 3.8) is 0 Å². The lowest BCUT2D eigenvalue weighted by molar-refractivity contribution is -0.162. The molecule has 0 aromatic heterocycles. The summed E-state index contributed by atoms with van der Waals surface area (Å²) in [7, 11) is 0. The number of ether oxygens (including phenoxy) is 2. The smallest absolute Gasteiger partial charge is 0.326 e. The highest BCUT2D eigenvalue weighted by molar-refractivity contribution is 5.81. The van der Waals surface area contributed by atoms with Gasteiger partial charge in [-0.05, 0) is 33.6 Å². The summed E-state index contributed by atoms with van der Waals surface area (Å²) in [6.45, 7) is 6.43. The van der Waals surface area contributed by atoms with Gasteiger partial charge in [-0.15, -0.1) is 0 Å². The van der Waals surface area contributed by atoms with Gasteiger partial charge < -0.3 is 9.47 Å². The van der Waals surface area contributed by atoms with Crippen LogP contribution in [0.15, 0.2) is 0 Å². The summed E-state index contributed by atoms with van der Waals surface area (Å²) in [5, 5.41) is 3.70. The number of nitrogens with one attached hydrogen (secondary N) is 1. The molecule has 0 radical (unpaired) electrons. The first kappa shape index (κ1) is 16.8. The van der Waals surface area contributed by atoms with Crippen LogP contribution in [0.4, 0.5) is 0 Å². The van der Waals surface area contributed by atoms with E-state index in [4.69, 9.17) is 9.47 Å². The maximum Gasteiger partial charge on any atom is 0.326 e. The van der Waals surface area contributed by atoms with Crippen molar-refractivity contribution in [3.8, 4) is 0 Å². The van der Waals surface area contributed by atoms with Crippen LogP contribution in [0, 0.1) is 0 Å². The third kappa shape index (κ3) is 4.43. The van der Waals surface area contributed by atoms with Crippen molar-refractivity contribution in [1.29, 1.82) is 0 Å². The average molecular weight is 297 g/mol. The van der Waals surface area contributed by atoms with Crippen LogP contribution in [0.2, 0.25) is 0 Å². The van der Waals surface area contributed by atoms with Gasteiger partial charge in [0, 0.05) is 18.9 Å². The van der Waals surface area contributed by atoms with E-state index in [1.54, 1.807) is 0 Å². The number of esters is 1. The van der Waals surface area contributed by atoms with Crippen LogP contribution in [0.1, 0.15) is 72.1 Å². The molecule has 0 bridgehead atoms. The van der Waals surface area contributed by atoms with Gasteiger partial charge in [-0.2, -0.15) is 0 Å². The molecule has 0 amide bonds. The lowest BCUT2D eigenvalue weighted by atomic mass is 9.82. The number of carbonyl (C=O) groups is 1. The number of hydrogen-bond donors (Lipinski definition) is 1. The SMILES string of the molecule is CCOC(=O)C1(NC2CCCCCC2)CC(C)OC(C)C1. The first-order chi connectivity index (χ1) is 10.1. The van der Waals surface area contributed by atoms with Crippen LogP contribution >= 0.6 is 0 Å². The Balaban J connectivity index is 2.12. The number of rotatable bonds is 4. The van der Waals surface area contributed by atoms with Gasteiger partial charge in [-0.1, -0.05) is 25.7 Å². The quantitative estimate of drug-likeness (QED) is 0.639. The Morgan fingerprint density at radius 2 is 1.71 bits per heavy atom. The Labute approximate surface area is 129 Å². The Morgan fingerprint density at radius 1 is 1.14 bits per heavy atom. The maximum absolute atomic E-state index is 12.6. The Hall–Kier alpha value is -0.610. The van der Waals surface area contributed by atoms with Crippen molar-refractivity contribution in [2.75, 3.05) is 6.61 Å². The van der Waals surface area contributed by atoms with Gasteiger partial charge in [-0.3, -0.25) is 10.1 Å². The van der Waals surface area contributed by atoms with E-state index in [2.05, 4.69) is 19.2 Å².